The molecule has 138 valence electrons. The van der Waals surface area contributed by atoms with E-state index in [9.17, 15) is 0 Å². The van der Waals surface area contributed by atoms with Crippen molar-refractivity contribution >= 4 is 16.0 Å². The summed E-state index contributed by atoms with van der Waals surface area (Å²) in [6.07, 6.45) is 2.61. The molecule has 6 heteroatoms. The van der Waals surface area contributed by atoms with Gasteiger partial charge in [0.2, 0.25) is 0 Å². The molecular formula is C18H40B2N4. The molecule has 2 heterocycles. The Morgan fingerprint density at radius 1 is 0.708 bits per heavy atom. The monoisotopic (exact) mass is 334 g/mol. The molecule has 0 aromatic carbocycles. The Morgan fingerprint density at radius 2 is 1.12 bits per heavy atom. The lowest BCUT2D eigenvalue weighted by molar-refractivity contribution is 0.0571. The van der Waals surface area contributed by atoms with Gasteiger partial charge in [0.05, 0.1) is 0 Å². The maximum absolute atomic E-state index is 2.70. The number of hydrogen-bond acceptors (Lipinski definition) is 4. The molecule has 2 fully saturated rings. The van der Waals surface area contributed by atoms with Gasteiger partial charge in [0.1, 0.15) is 0 Å². The zero-order valence-electron chi connectivity index (χ0n) is 17.3. The molecule has 2 saturated heterocycles. The summed E-state index contributed by atoms with van der Waals surface area (Å²) in [5.74, 6) is 0. The van der Waals surface area contributed by atoms with Crippen LogP contribution in [-0.4, -0.2) is 101 Å². The van der Waals surface area contributed by atoms with Gasteiger partial charge in [-0.3, -0.25) is 0 Å². The van der Waals surface area contributed by atoms with Gasteiger partial charge in [0.15, 0.2) is 16.0 Å². The molecule has 24 heavy (non-hydrogen) atoms. The zero-order chi connectivity index (χ0) is 17.8. The highest BCUT2D eigenvalue weighted by molar-refractivity contribution is 6.04. The summed E-state index contributed by atoms with van der Waals surface area (Å²) in [6.45, 7) is 22.3. The molecule has 2 aliphatic heterocycles. The normalized spacial score (nSPS) is 25.7. The largest absolute Gasteiger partial charge is 0.346 e. The van der Waals surface area contributed by atoms with Gasteiger partial charge in [-0.25, -0.2) is 0 Å². The Balaban J connectivity index is 1.86. The van der Waals surface area contributed by atoms with E-state index in [0.29, 0.717) is 10.8 Å². The van der Waals surface area contributed by atoms with Gasteiger partial charge in [0, 0.05) is 39.3 Å². The Hall–Kier alpha value is -0.0301. The fourth-order valence-electron chi connectivity index (χ4n) is 4.66. The average Bonchev–Trinajstić information content (AvgIpc) is 2.51. The summed E-state index contributed by atoms with van der Waals surface area (Å²) in [4.78, 5) is 10.3. The minimum Gasteiger partial charge on any atom is -0.346 e. The van der Waals surface area contributed by atoms with Crippen LogP contribution in [0.5, 0.6) is 0 Å². The van der Waals surface area contributed by atoms with Crippen LogP contribution in [0.1, 0.15) is 40.5 Å². The van der Waals surface area contributed by atoms with Crippen molar-refractivity contribution < 1.29 is 0 Å². The minimum absolute atomic E-state index is 0.396. The number of hydrogen-bond donors (Lipinski definition) is 0. The Morgan fingerprint density at radius 3 is 1.54 bits per heavy atom. The highest BCUT2D eigenvalue weighted by Gasteiger charge is 2.34. The van der Waals surface area contributed by atoms with E-state index in [1.54, 1.807) is 0 Å². The Labute approximate surface area is 152 Å². The molecule has 2 rings (SSSR count). The van der Waals surface area contributed by atoms with E-state index in [1.165, 1.54) is 78.3 Å². The molecule has 0 spiro atoms. The maximum Gasteiger partial charge on any atom is 0.185 e. The van der Waals surface area contributed by atoms with Crippen LogP contribution in [0, 0.1) is 10.8 Å². The summed E-state index contributed by atoms with van der Waals surface area (Å²) >= 11 is 0. The second-order valence-corrected chi connectivity index (χ2v) is 9.66. The molecule has 0 radical (unpaired) electrons. The first-order valence-electron chi connectivity index (χ1n) is 10.0. The van der Waals surface area contributed by atoms with Gasteiger partial charge in [0.25, 0.3) is 0 Å². The van der Waals surface area contributed by atoms with Gasteiger partial charge < -0.3 is 19.4 Å². The summed E-state index contributed by atoms with van der Waals surface area (Å²) < 4.78 is 0. The van der Waals surface area contributed by atoms with Gasteiger partial charge in [-0.05, 0) is 49.9 Å². The van der Waals surface area contributed by atoms with E-state index in [0.717, 1.165) is 0 Å². The minimum atomic E-state index is 0.396. The van der Waals surface area contributed by atoms with Crippen molar-refractivity contribution in [1.29, 1.82) is 0 Å². The SMILES string of the molecule is BN1CCN(CC(C)(C)CC(C)(CC)CN2CCN(B)CC2)CC1. The van der Waals surface area contributed by atoms with Crippen LogP contribution in [-0.2, 0) is 0 Å². The third-order valence-corrected chi connectivity index (χ3v) is 6.21. The van der Waals surface area contributed by atoms with Crippen LogP contribution in [0.3, 0.4) is 0 Å². The molecule has 1 unspecified atom stereocenters. The van der Waals surface area contributed by atoms with E-state index in [4.69, 9.17) is 0 Å². The van der Waals surface area contributed by atoms with Gasteiger partial charge in [-0.2, -0.15) is 0 Å². The highest BCUT2D eigenvalue weighted by atomic mass is 15.2. The van der Waals surface area contributed by atoms with E-state index >= 15 is 0 Å². The second kappa shape index (κ2) is 8.57. The topological polar surface area (TPSA) is 13.0 Å². The maximum atomic E-state index is 2.70. The van der Waals surface area contributed by atoms with E-state index in [2.05, 4.69) is 63.1 Å². The van der Waals surface area contributed by atoms with Crippen molar-refractivity contribution in [3.63, 3.8) is 0 Å². The standard InChI is InChI=1S/C18H40B2N4/c1-5-18(4,16-22-8-12-24(20)13-9-22)14-17(2,3)15-21-6-10-23(19)11-7-21/h5-16,19-20H2,1-4H3. The number of rotatable bonds is 7. The lowest BCUT2D eigenvalue weighted by Gasteiger charge is -2.45. The smallest absolute Gasteiger partial charge is 0.185 e. The molecule has 0 amide bonds. The van der Waals surface area contributed by atoms with E-state index in [-0.39, 0.29) is 0 Å². The van der Waals surface area contributed by atoms with Gasteiger partial charge in [-0.15, -0.1) is 0 Å². The first-order valence-corrected chi connectivity index (χ1v) is 10.0. The predicted molar refractivity (Wildman–Crippen MR) is 110 cm³/mol. The van der Waals surface area contributed by atoms with E-state index in [1.807, 2.05) is 0 Å². The van der Waals surface area contributed by atoms with Crippen molar-refractivity contribution in [2.75, 3.05) is 65.4 Å². The van der Waals surface area contributed by atoms with Crippen molar-refractivity contribution in [3.8, 4) is 0 Å². The van der Waals surface area contributed by atoms with Gasteiger partial charge >= 0.3 is 0 Å². The Kier molecular flexibility index (Phi) is 7.24. The molecule has 0 aromatic rings. The lowest BCUT2D eigenvalue weighted by Crippen LogP contribution is -2.51. The van der Waals surface area contributed by atoms with Crippen LogP contribution in [0.2, 0.25) is 0 Å². The molecule has 0 N–H and O–H groups in total. The average molecular weight is 334 g/mol. The summed E-state index contributed by atoms with van der Waals surface area (Å²) in [5.41, 5.74) is 0.833. The summed E-state index contributed by atoms with van der Waals surface area (Å²) in [5, 5.41) is 0. The van der Waals surface area contributed by atoms with Crippen LogP contribution in [0.15, 0.2) is 0 Å². The quantitative estimate of drug-likeness (QED) is 0.615. The number of nitrogens with zero attached hydrogens (tertiary/aromatic N) is 4. The Bertz CT molecular complexity index is 377. The fourth-order valence-corrected chi connectivity index (χ4v) is 4.66. The molecule has 0 aliphatic carbocycles. The molecule has 2 aliphatic rings. The third-order valence-electron chi connectivity index (χ3n) is 6.21. The highest BCUT2D eigenvalue weighted by Crippen LogP contribution is 2.38. The van der Waals surface area contributed by atoms with Crippen molar-refractivity contribution in [3.05, 3.63) is 0 Å². The van der Waals surface area contributed by atoms with Crippen LogP contribution in [0.4, 0.5) is 0 Å². The van der Waals surface area contributed by atoms with Crippen LogP contribution in [0.25, 0.3) is 0 Å². The molecule has 0 aromatic heterocycles. The first-order chi connectivity index (χ1) is 11.2. The first kappa shape index (κ1) is 20.3. The molecule has 0 saturated carbocycles. The summed E-state index contributed by atoms with van der Waals surface area (Å²) in [6, 6.07) is 0. The summed E-state index contributed by atoms with van der Waals surface area (Å²) in [7, 11) is 4.49. The predicted octanol–water partition coefficient (Wildman–Crippen LogP) is 0.150. The van der Waals surface area contributed by atoms with E-state index < -0.39 is 0 Å². The molecular weight excluding hydrogens is 294 g/mol. The van der Waals surface area contributed by atoms with Crippen LogP contribution >= 0.6 is 0 Å². The molecule has 1 atom stereocenters. The van der Waals surface area contributed by atoms with Crippen molar-refractivity contribution in [1.82, 2.24) is 19.4 Å². The van der Waals surface area contributed by atoms with Crippen LogP contribution < -0.4 is 0 Å². The lowest BCUT2D eigenvalue weighted by atomic mass is 9.71. The van der Waals surface area contributed by atoms with Crippen molar-refractivity contribution in [2.24, 2.45) is 10.8 Å². The second-order valence-electron chi connectivity index (χ2n) is 9.66. The zero-order valence-corrected chi connectivity index (χ0v) is 17.3. The molecule has 4 nitrogen and oxygen atoms in total. The number of piperazine rings is 2. The third kappa shape index (κ3) is 6.36. The fraction of sp³-hybridized carbons (Fsp3) is 1.00. The van der Waals surface area contributed by atoms with Crippen molar-refractivity contribution in [2.45, 2.75) is 40.5 Å². The van der Waals surface area contributed by atoms with Gasteiger partial charge in [-0.1, -0.05) is 27.7 Å². The molecule has 0 bridgehead atoms.